The Hall–Kier alpha value is -0.650. The van der Waals surface area contributed by atoms with Crippen LogP contribution in [0.2, 0.25) is 0 Å². The van der Waals surface area contributed by atoms with E-state index in [2.05, 4.69) is 30.9 Å². The lowest BCUT2D eigenvalue weighted by Gasteiger charge is -2.48. The molecular weight excluding hydrogens is 312 g/mol. The first kappa shape index (κ1) is 26.6. The Bertz CT molecular complexity index is 306. The van der Waals surface area contributed by atoms with Gasteiger partial charge < -0.3 is 14.7 Å². The molecule has 1 saturated heterocycles. The van der Waals surface area contributed by atoms with Crippen molar-refractivity contribution in [3.05, 3.63) is 0 Å². The number of piperidine rings is 1. The molecule has 1 saturated carbocycles. The van der Waals surface area contributed by atoms with E-state index in [-0.39, 0.29) is 5.54 Å². The van der Waals surface area contributed by atoms with Gasteiger partial charge in [0.25, 0.3) is 0 Å². The smallest absolute Gasteiger partial charge is 0.209 e. The third-order valence-corrected chi connectivity index (χ3v) is 4.33. The van der Waals surface area contributed by atoms with Gasteiger partial charge in [-0.15, -0.1) is 0 Å². The molecule has 0 bridgehead atoms. The van der Waals surface area contributed by atoms with E-state index >= 15 is 0 Å². The molecule has 2 rings (SSSR count). The molecule has 0 aromatic carbocycles. The van der Waals surface area contributed by atoms with Gasteiger partial charge in [0.05, 0.1) is 0 Å². The first-order valence-corrected chi connectivity index (χ1v) is 9.98. The SMILES string of the molecule is CC.CC.CN(C)C.CN(C)CC1(N(C)C2CC2)CCN(C=O)CC1. The van der Waals surface area contributed by atoms with Crippen LogP contribution in [0, 0.1) is 0 Å². The average Bonchev–Trinajstić information content (AvgIpc) is 3.42. The minimum Gasteiger partial charge on any atom is -0.345 e. The van der Waals surface area contributed by atoms with Crippen LogP contribution in [0.1, 0.15) is 53.4 Å². The van der Waals surface area contributed by atoms with E-state index in [0.717, 1.165) is 44.9 Å². The third kappa shape index (κ3) is 10.8. The molecule has 1 aliphatic heterocycles. The minimum atomic E-state index is 0.282. The van der Waals surface area contributed by atoms with Gasteiger partial charge in [-0.3, -0.25) is 9.69 Å². The second kappa shape index (κ2) is 14.5. The van der Waals surface area contributed by atoms with Gasteiger partial charge in [-0.05, 0) is 68.0 Å². The van der Waals surface area contributed by atoms with Crippen LogP contribution >= 0.6 is 0 Å². The molecule has 2 aliphatic rings. The summed E-state index contributed by atoms with van der Waals surface area (Å²) < 4.78 is 0. The van der Waals surface area contributed by atoms with Gasteiger partial charge in [0.2, 0.25) is 6.41 Å². The van der Waals surface area contributed by atoms with Crippen LogP contribution in [-0.4, -0.2) is 99.5 Å². The summed E-state index contributed by atoms with van der Waals surface area (Å²) in [6, 6.07) is 0.790. The highest BCUT2D eigenvalue weighted by Crippen LogP contribution is 2.37. The maximum atomic E-state index is 10.8. The van der Waals surface area contributed by atoms with Crippen LogP contribution in [0.5, 0.6) is 0 Å². The van der Waals surface area contributed by atoms with Gasteiger partial charge >= 0.3 is 0 Å². The number of amides is 1. The molecule has 0 aromatic rings. The molecule has 0 unspecified atom stereocenters. The van der Waals surface area contributed by atoms with E-state index < -0.39 is 0 Å². The normalized spacial score (nSPS) is 18.5. The maximum Gasteiger partial charge on any atom is 0.209 e. The number of hydrogen-bond donors (Lipinski definition) is 0. The summed E-state index contributed by atoms with van der Waals surface area (Å²) in [6.45, 7) is 10.9. The van der Waals surface area contributed by atoms with Crippen LogP contribution in [-0.2, 0) is 4.79 Å². The summed E-state index contributed by atoms with van der Waals surface area (Å²) in [5.74, 6) is 0. The fraction of sp³-hybridized carbons (Fsp3) is 0.950. The summed E-state index contributed by atoms with van der Waals surface area (Å²) in [5, 5.41) is 0. The van der Waals surface area contributed by atoms with Gasteiger partial charge in [-0.25, -0.2) is 0 Å². The topological polar surface area (TPSA) is 30.0 Å². The molecule has 0 N–H and O–H groups in total. The number of nitrogens with zero attached hydrogens (tertiary/aromatic N) is 4. The largest absolute Gasteiger partial charge is 0.345 e. The summed E-state index contributed by atoms with van der Waals surface area (Å²) in [7, 11) is 12.6. The lowest BCUT2D eigenvalue weighted by Crippen LogP contribution is -2.59. The molecule has 1 heterocycles. The van der Waals surface area contributed by atoms with E-state index in [1.807, 2.05) is 58.6 Å². The molecule has 1 aliphatic carbocycles. The molecule has 0 spiro atoms. The highest BCUT2D eigenvalue weighted by Gasteiger charge is 2.43. The molecule has 5 nitrogen and oxygen atoms in total. The van der Waals surface area contributed by atoms with Crippen LogP contribution < -0.4 is 0 Å². The van der Waals surface area contributed by atoms with Crippen molar-refractivity contribution in [3.8, 4) is 0 Å². The summed E-state index contributed by atoms with van der Waals surface area (Å²) in [4.78, 5) is 19.6. The molecule has 0 aromatic heterocycles. The molecule has 152 valence electrons. The van der Waals surface area contributed by atoms with Gasteiger partial charge in [0, 0.05) is 31.2 Å². The average molecular weight is 359 g/mol. The highest BCUT2D eigenvalue weighted by atomic mass is 16.1. The predicted molar refractivity (Wildman–Crippen MR) is 111 cm³/mol. The van der Waals surface area contributed by atoms with Crippen molar-refractivity contribution in [1.29, 1.82) is 0 Å². The quantitative estimate of drug-likeness (QED) is 0.707. The Morgan fingerprint density at radius 2 is 1.32 bits per heavy atom. The van der Waals surface area contributed by atoms with E-state index in [4.69, 9.17) is 0 Å². The zero-order chi connectivity index (χ0) is 20.0. The maximum absolute atomic E-state index is 10.8. The number of rotatable bonds is 5. The molecule has 0 radical (unpaired) electrons. The molecule has 1 amide bonds. The second-order valence-electron chi connectivity index (χ2n) is 7.29. The predicted octanol–water partition coefficient (Wildman–Crippen LogP) is 2.86. The Kier molecular flexibility index (Phi) is 15.4. The van der Waals surface area contributed by atoms with E-state index in [0.29, 0.717) is 0 Å². The van der Waals surface area contributed by atoms with E-state index in [9.17, 15) is 4.79 Å². The lowest BCUT2D eigenvalue weighted by molar-refractivity contribution is -0.121. The fourth-order valence-electron chi connectivity index (χ4n) is 3.11. The lowest BCUT2D eigenvalue weighted by atomic mass is 9.85. The standard InChI is InChI=1S/C13H25N3O.C3H9N.2C2H6/c1-14(2)10-13(15(3)12-4-5-12)6-8-16(11-17)9-7-13;1-4(2)3;2*1-2/h11-12H,4-10H2,1-3H3;1-3H3;2*1-2H3. The Morgan fingerprint density at radius 3 is 1.60 bits per heavy atom. The summed E-state index contributed by atoms with van der Waals surface area (Å²) in [6.07, 6.45) is 5.91. The Balaban J connectivity index is 0. The van der Waals surface area contributed by atoms with Crippen molar-refractivity contribution in [2.24, 2.45) is 0 Å². The van der Waals surface area contributed by atoms with Gasteiger partial charge in [-0.1, -0.05) is 27.7 Å². The van der Waals surface area contributed by atoms with Gasteiger partial charge in [0.15, 0.2) is 0 Å². The number of carbonyl (C=O) groups is 1. The monoisotopic (exact) mass is 358 g/mol. The summed E-state index contributed by atoms with van der Waals surface area (Å²) in [5.41, 5.74) is 0.282. The number of likely N-dealkylation sites (N-methyl/N-ethyl adjacent to an activating group) is 2. The van der Waals surface area contributed by atoms with Crippen molar-refractivity contribution in [2.45, 2.75) is 65.0 Å². The first-order valence-electron chi connectivity index (χ1n) is 9.98. The molecule has 2 fully saturated rings. The van der Waals surface area contributed by atoms with Crippen molar-refractivity contribution in [3.63, 3.8) is 0 Å². The Labute approximate surface area is 158 Å². The zero-order valence-corrected chi connectivity index (χ0v) is 18.8. The zero-order valence-electron chi connectivity index (χ0n) is 18.8. The number of likely N-dealkylation sites (tertiary alicyclic amines) is 1. The molecule has 0 atom stereocenters. The van der Waals surface area contributed by atoms with Gasteiger partial charge in [0.1, 0.15) is 0 Å². The minimum absolute atomic E-state index is 0.282. The van der Waals surface area contributed by atoms with Crippen LogP contribution in [0.15, 0.2) is 0 Å². The van der Waals surface area contributed by atoms with Crippen molar-refractivity contribution in [1.82, 2.24) is 19.6 Å². The molecular formula is C20H46N4O. The molecule has 5 heteroatoms. The fourth-order valence-corrected chi connectivity index (χ4v) is 3.11. The van der Waals surface area contributed by atoms with Crippen LogP contribution in [0.3, 0.4) is 0 Å². The van der Waals surface area contributed by atoms with Gasteiger partial charge in [-0.2, -0.15) is 0 Å². The second-order valence-corrected chi connectivity index (χ2v) is 7.29. The third-order valence-electron chi connectivity index (χ3n) is 4.33. The van der Waals surface area contributed by atoms with Crippen molar-refractivity contribution in [2.75, 3.05) is 61.9 Å². The first-order chi connectivity index (χ1) is 11.8. The van der Waals surface area contributed by atoms with Crippen LogP contribution in [0.4, 0.5) is 0 Å². The Morgan fingerprint density at radius 1 is 0.920 bits per heavy atom. The highest BCUT2D eigenvalue weighted by molar-refractivity contribution is 5.47. The summed E-state index contributed by atoms with van der Waals surface area (Å²) >= 11 is 0. The van der Waals surface area contributed by atoms with Crippen molar-refractivity contribution >= 4 is 6.41 Å². The van der Waals surface area contributed by atoms with E-state index in [1.165, 1.54) is 12.8 Å². The van der Waals surface area contributed by atoms with Crippen molar-refractivity contribution < 1.29 is 4.79 Å². The van der Waals surface area contributed by atoms with Crippen LogP contribution in [0.25, 0.3) is 0 Å². The number of hydrogen-bond acceptors (Lipinski definition) is 4. The van der Waals surface area contributed by atoms with E-state index in [1.54, 1.807) is 0 Å². The molecule has 25 heavy (non-hydrogen) atoms. The number of carbonyl (C=O) groups excluding carboxylic acids is 1.